The zero-order valence-corrected chi connectivity index (χ0v) is 13.4. The summed E-state index contributed by atoms with van der Waals surface area (Å²) in [4.78, 5) is 12.1. The Labute approximate surface area is 134 Å². The van der Waals surface area contributed by atoms with Gasteiger partial charge in [0.15, 0.2) is 6.10 Å². The number of anilines is 1. The maximum atomic E-state index is 13.5. The van der Waals surface area contributed by atoms with E-state index in [1.54, 1.807) is 31.2 Å². The molecule has 116 valence electrons. The highest BCUT2D eigenvalue weighted by atomic mass is 35.5. The number of carbonyl (C=O) groups excluding carboxylic acids is 1. The lowest BCUT2D eigenvalue weighted by Crippen LogP contribution is -2.30. The van der Waals surface area contributed by atoms with E-state index < -0.39 is 17.8 Å². The zero-order chi connectivity index (χ0) is 16.3. The largest absolute Gasteiger partial charge is 0.481 e. The second-order valence-corrected chi connectivity index (χ2v) is 5.48. The molecule has 0 saturated heterocycles. The summed E-state index contributed by atoms with van der Waals surface area (Å²) in [5.74, 6) is -0.354. The monoisotopic (exact) mass is 321 g/mol. The van der Waals surface area contributed by atoms with Gasteiger partial charge in [-0.3, -0.25) is 4.79 Å². The summed E-state index contributed by atoms with van der Waals surface area (Å²) < 4.78 is 19.1. The Balaban J connectivity index is 2.07. The van der Waals surface area contributed by atoms with Crippen molar-refractivity contribution in [3.8, 4) is 5.75 Å². The van der Waals surface area contributed by atoms with Gasteiger partial charge in [0.05, 0.1) is 5.69 Å². The molecule has 0 unspecified atom stereocenters. The van der Waals surface area contributed by atoms with Crippen LogP contribution in [-0.4, -0.2) is 12.0 Å². The van der Waals surface area contributed by atoms with Crippen LogP contribution >= 0.6 is 11.6 Å². The van der Waals surface area contributed by atoms with Crippen LogP contribution < -0.4 is 10.1 Å². The highest BCUT2D eigenvalue weighted by molar-refractivity contribution is 6.32. The van der Waals surface area contributed by atoms with E-state index in [0.29, 0.717) is 10.8 Å². The van der Waals surface area contributed by atoms with E-state index in [9.17, 15) is 9.18 Å². The van der Waals surface area contributed by atoms with Crippen LogP contribution in [0.25, 0.3) is 0 Å². The molecule has 2 rings (SSSR count). The minimum Gasteiger partial charge on any atom is -0.481 e. The molecule has 2 aromatic rings. The molecule has 0 saturated carbocycles. The smallest absolute Gasteiger partial charge is 0.265 e. The van der Waals surface area contributed by atoms with E-state index in [-0.39, 0.29) is 5.69 Å². The Kier molecular flexibility index (Phi) is 5.03. The van der Waals surface area contributed by atoms with Crippen LogP contribution in [0.2, 0.25) is 5.02 Å². The fourth-order valence-electron chi connectivity index (χ4n) is 2.03. The molecule has 0 aromatic heterocycles. The lowest BCUT2D eigenvalue weighted by Gasteiger charge is -2.16. The summed E-state index contributed by atoms with van der Waals surface area (Å²) in [6, 6.07) is 9.52. The molecule has 2 aromatic carbocycles. The summed E-state index contributed by atoms with van der Waals surface area (Å²) in [6.07, 6.45) is -0.764. The fraction of sp³-hybridized carbons (Fsp3) is 0.235. The van der Waals surface area contributed by atoms with Crippen molar-refractivity contribution >= 4 is 23.2 Å². The molecule has 0 aliphatic rings. The SMILES string of the molecule is Cc1cc(O[C@@H](C)C(=O)Nc2ccccc2F)cc(C)c1Cl. The molecule has 0 heterocycles. The van der Waals surface area contributed by atoms with Gasteiger partial charge in [-0.1, -0.05) is 23.7 Å². The zero-order valence-electron chi connectivity index (χ0n) is 12.6. The molecule has 0 fully saturated rings. The van der Waals surface area contributed by atoms with E-state index in [1.165, 1.54) is 12.1 Å². The van der Waals surface area contributed by atoms with Crippen molar-refractivity contribution in [2.75, 3.05) is 5.32 Å². The lowest BCUT2D eigenvalue weighted by atomic mass is 10.1. The third kappa shape index (κ3) is 3.77. The predicted molar refractivity (Wildman–Crippen MR) is 86.0 cm³/mol. The molecule has 1 N–H and O–H groups in total. The molecule has 0 radical (unpaired) electrons. The molecule has 5 heteroatoms. The lowest BCUT2D eigenvalue weighted by molar-refractivity contribution is -0.122. The van der Waals surface area contributed by atoms with Crippen LogP contribution in [0.4, 0.5) is 10.1 Å². The second kappa shape index (κ2) is 6.79. The molecule has 1 atom stereocenters. The van der Waals surface area contributed by atoms with Crippen molar-refractivity contribution in [3.63, 3.8) is 0 Å². The molecule has 3 nitrogen and oxygen atoms in total. The number of ether oxygens (including phenoxy) is 1. The van der Waals surface area contributed by atoms with Crippen LogP contribution in [-0.2, 0) is 4.79 Å². The van der Waals surface area contributed by atoms with Crippen molar-refractivity contribution in [3.05, 3.63) is 58.4 Å². The van der Waals surface area contributed by atoms with E-state index in [1.807, 2.05) is 13.8 Å². The van der Waals surface area contributed by atoms with Gasteiger partial charge in [0.2, 0.25) is 0 Å². The summed E-state index contributed by atoms with van der Waals surface area (Å²) in [5.41, 5.74) is 1.88. The molecule has 0 aliphatic heterocycles. The quantitative estimate of drug-likeness (QED) is 0.900. The minimum atomic E-state index is -0.764. The number of nitrogens with one attached hydrogen (secondary N) is 1. The first kappa shape index (κ1) is 16.3. The Morgan fingerprint density at radius 2 is 1.82 bits per heavy atom. The van der Waals surface area contributed by atoms with Crippen molar-refractivity contribution in [1.29, 1.82) is 0 Å². The van der Waals surface area contributed by atoms with E-state index >= 15 is 0 Å². The first-order valence-electron chi connectivity index (χ1n) is 6.87. The minimum absolute atomic E-state index is 0.131. The van der Waals surface area contributed by atoms with Gasteiger partial charge in [-0.25, -0.2) is 4.39 Å². The molecule has 0 aliphatic carbocycles. The maximum Gasteiger partial charge on any atom is 0.265 e. The number of rotatable bonds is 4. The number of para-hydroxylation sites is 1. The van der Waals surface area contributed by atoms with Crippen molar-refractivity contribution < 1.29 is 13.9 Å². The van der Waals surface area contributed by atoms with Crippen LogP contribution in [0.15, 0.2) is 36.4 Å². The highest BCUT2D eigenvalue weighted by Gasteiger charge is 2.17. The summed E-state index contributed by atoms with van der Waals surface area (Å²) >= 11 is 6.10. The topological polar surface area (TPSA) is 38.3 Å². The number of halogens is 2. The molecule has 1 amide bonds. The first-order valence-corrected chi connectivity index (χ1v) is 7.25. The normalized spacial score (nSPS) is 11.9. The number of benzene rings is 2. The molecular weight excluding hydrogens is 305 g/mol. The Hall–Kier alpha value is -2.07. The number of hydrogen-bond donors (Lipinski definition) is 1. The average molecular weight is 322 g/mol. The van der Waals surface area contributed by atoms with Crippen LogP contribution in [0, 0.1) is 19.7 Å². The molecule has 0 bridgehead atoms. The second-order valence-electron chi connectivity index (χ2n) is 5.10. The van der Waals surface area contributed by atoms with Gasteiger partial charge < -0.3 is 10.1 Å². The standard InChI is InChI=1S/C17H17ClFNO2/c1-10-8-13(9-11(2)16(10)18)22-12(3)17(21)20-15-7-5-4-6-14(15)19/h4-9,12H,1-3H3,(H,20,21)/t12-/m0/s1. The predicted octanol–water partition coefficient (Wildman–Crippen LogP) is 4.50. The van der Waals surface area contributed by atoms with Crippen LogP contribution in [0.3, 0.4) is 0 Å². The Morgan fingerprint density at radius 3 is 2.41 bits per heavy atom. The number of hydrogen-bond acceptors (Lipinski definition) is 2. The van der Waals surface area contributed by atoms with Gasteiger partial charge in [-0.15, -0.1) is 0 Å². The fourth-order valence-corrected chi connectivity index (χ4v) is 2.14. The van der Waals surface area contributed by atoms with Crippen molar-refractivity contribution in [2.24, 2.45) is 0 Å². The first-order chi connectivity index (χ1) is 10.4. The third-order valence-corrected chi connectivity index (χ3v) is 3.82. The van der Waals surface area contributed by atoms with Crippen LogP contribution in [0.5, 0.6) is 5.75 Å². The molecular formula is C17H17ClFNO2. The average Bonchev–Trinajstić information content (AvgIpc) is 2.47. The van der Waals surface area contributed by atoms with Gasteiger partial charge >= 0.3 is 0 Å². The molecule has 22 heavy (non-hydrogen) atoms. The van der Waals surface area contributed by atoms with E-state index in [2.05, 4.69) is 5.32 Å². The van der Waals surface area contributed by atoms with E-state index in [0.717, 1.165) is 11.1 Å². The maximum absolute atomic E-state index is 13.5. The summed E-state index contributed by atoms with van der Waals surface area (Å²) in [6.45, 7) is 5.34. The van der Waals surface area contributed by atoms with Gasteiger partial charge in [-0.2, -0.15) is 0 Å². The van der Waals surface area contributed by atoms with Crippen LogP contribution in [0.1, 0.15) is 18.1 Å². The Bertz CT molecular complexity index is 680. The van der Waals surface area contributed by atoms with Gasteiger partial charge in [0, 0.05) is 5.02 Å². The third-order valence-electron chi connectivity index (χ3n) is 3.22. The van der Waals surface area contributed by atoms with E-state index in [4.69, 9.17) is 16.3 Å². The molecule has 0 spiro atoms. The highest BCUT2D eigenvalue weighted by Crippen LogP contribution is 2.26. The summed E-state index contributed by atoms with van der Waals surface area (Å²) in [5, 5.41) is 3.18. The van der Waals surface area contributed by atoms with Gasteiger partial charge in [0.25, 0.3) is 5.91 Å². The van der Waals surface area contributed by atoms with Gasteiger partial charge in [0.1, 0.15) is 11.6 Å². The number of carbonyl (C=O) groups is 1. The number of aryl methyl sites for hydroxylation is 2. The van der Waals surface area contributed by atoms with Gasteiger partial charge in [-0.05, 0) is 56.2 Å². The summed E-state index contributed by atoms with van der Waals surface area (Å²) in [7, 11) is 0. The number of amides is 1. The van der Waals surface area contributed by atoms with Crippen molar-refractivity contribution in [2.45, 2.75) is 26.9 Å². The van der Waals surface area contributed by atoms with Crippen molar-refractivity contribution in [1.82, 2.24) is 0 Å². The Morgan fingerprint density at radius 1 is 1.23 bits per heavy atom.